The first-order valence-corrected chi connectivity index (χ1v) is 4.42. The summed E-state index contributed by atoms with van der Waals surface area (Å²) in [7, 11) is 0. The van der Waals surface area contributed by atoms with Crippen LogP contribution in [0.2, 0.25) is 0 Å². The smallest absolute Gasteiger partial charge is 0.227 e. The second-order valence-corrected chi connectivity index (χ2v) is 3.58. The van der Waals surface area contributed by atoms with Gasteiger partial charge >= 0.3 is 0 Å². The highest BCUT2D eigenvalue weighted by molar-refractivity contribution is 7.20. The monoisotopic (exact) mass is 196 g/mol. The second-order valence-electron chi connectivity index (χ2n) is 2.55. The Morgan fingerprint density at radius 3 is 2.77 bits per heavy atom. The Labute approximate surface area is 76.9 Å². The van der Waals surface area contributed by atoms with Crippen LogP contribution in [0.1, 0.15) is 0 Å². The average molecular weight is 196 g/mol. The number of fused-ring (bicyclic) bond motifs is 1. The first-order valence-electron chi connectivity index (χ1n) is 3.60. The minimum Gasteiger partial charge on any atom is -0.497 e. The van der Waals surface area contributed by atoms with Gasteiger partial charge in [-0.2, -0.15) is 4.39 Å². The van der Waals surface area contributed by atoms with Crippen LogP contribution in [-0.2, 0) is 0 Å². The zero-order valence-corrected chi connectivity index (χ0v) is 7.27. The number of hydrogen-bond donors (Lipinski definition) is 1. The third-order valence-electron chi connectivity index (χ3n) is 1.73. The standard InChI is InChI=1S/C9H5FO2S/c10-7-8(11)5-3-1-2-4-6(5)13-9(7)12/h1-4,12H. The zero-order valence-electron chi connectivity index (χ0n) is 6.45. The highest BCUT2D eigenvalue weighted by Crippen LogP contribution is 2.25. The van der Waals surface area contributed by atoms with Crippen molar-refractivity contribution >= 4 is 21.4 Å². The lowest BCUT2D eigenvalue weighted by Gasteiger charge is -1.96. The molecule has 2 rings (SSSR count). The van der Waals surface area contributed by atoms with E-state index in [-0.39, 0.29) is 0 Å². The molecule has 0 saturated heterocycles. The number of rotatable bonds is 0. The fourth-order valence-electron chi connectivity index (χ4n) is 1.11. The molecule has 0 aliphatic heterocycles. The molecular weight excluding hydrogens is 191 g/mol. The van der Waals surface area contributed by atoms with E-state index in [2.05, 4.69) is 0 Å². The van der Waals surface area contributed by atoms with Gasteiger partial charge in [0.15, 0.2) is 0 Å². The predicted molar refractivity (Wildman–Crippen MR) is 49.7 cm³/mol. The largest absolute Gasteiger partial charge is 0.497 e. The third-order valence-corrected chi connectivity index (χ3v) is 2.67. The summed E-state index contributed by atoms with van der Waals surface area (Å²) in [5.74, 6) is -1.07. The fourth-order valence-corrected chi connectivity index (χ4v) is 1.92. The van der Waals surface area contributed by atoms with Gasteiger partial charge in [0.25, 0.3) is 0 Å². The van der Waals surface area contributed by atoms with E-state index < -0.39 is 16.3 Å². The molecule has 0 aliphatic rings. The van der Waals surface area contributed by atoms with Crippen LogP contribution in [0.4, 0.5) is 4.39 Å². The van der Waals surface area contributed by atoms with Gasteiger partial charge < -0.3 is 5.11 Å². The SMILES string of the molecule is O=c1c(F)c(O)sc2ccccc12. The molecule has 1 aromatic heterocycles. The topological polar surface area (TPSA) is 37.3 Å². The number of hydrogen-bond acceptors (Lipinski definition) is 3. The second kappa shape index (κ2) is 2.81. The summed E-state index contributed by atoms with van der Waals surface area (Å²) in [6, 6.07) is 6.60. The summed E-state index contributed by atoms with van der Waals surface area (Å²) in [5.41, 5.74) is -0.744. The molecule has 2 nitrogen and oxygen atoms in total. The minimum absolute atomic E-state index is 0.308. The maximum atomic E-state index is 12.9. The van der Waals surface area contributed by atoms with Crippen molar-refractivity contribution in [3.63, 3.8) is 0 Å². The van der Waals surface area contributed by atoms with Gasteiger partial charge in [-0.3, -0.25) is 4.79 Å². The van der Waals surface area contributed by atoms with Crippen LogP contribution in [-0.4, -0.2) is 5.11 Å². The van der Waals surface area contributed by atoms with E-state index in [9.17, 15) is 9.18 Å². The van der Waals surface area contributed by atoms with Crippen molar-refractivity contribution in [1.29, 1.82) is 0 Å². The molecule has 0 radical (unpaired) electrons. The van der Waals surface area contributed by atoms with E-state index in [1.165, 1.54) is 6.07 Å². The molecule has 0 spiro atoms. The van der Waals surface area contributed by atoms with Crippen LogP contribution >= 0.6 is 11.3 Å². The fraction of sp³-hybridized carbons (Fsp3) is 0. The summed E-state index contributed by atoms with van der Waals surface area (Å²) in [5, 5.41) is 8.80. The van der Waals surface area contributed by atoms with Crippen LogP contribution in [0, 0.1) is 5.82 Å². The summed E-state index contributed by atoms with van der Waals surface area (Å²) in [6.07, 6.45) is 0. The number of halogens is 1. The molecule has 0 bridgehead atoms. The van der Waals surface area contributed by atoms with E-state index in [1.54, 1.807) is 18.2 Å². The van der Waals surface area contributed by atoms with Crippen molar-refractivity contribution in [3.05, 3.63) is 40.3 Å². The molecule has 1 N–H and O–H groups in total. The quantitative estimate of drug-likeness (QED) is 0.700. The Morgan fingerprint density at radius 1 is 1.31 bits per heavy atom. The molecular formula is C9H5FO2S. The molecule has 0 saturated carbocycles. The van der Waals surface area contributed by atoms with Crippen LogP contribution < -0.4 is 5.43 Å². The van der Waals surface area contributed by atoms with Gasteiger partial charge in [-0.1, -0.05) is 23.5 Å². The summed E-state index contributed by atoms with van der Waals surface area (Å²) < 4.78 is 13.5. The van der Waals surface area contributed by atoms with Gasteiger partial charge in [-0.05, 0) is 12.1 Å². The zero-order chi connectivity index (χ0) is 9.42. The van der Waals surface area contributed by atoms with Crippen molar-refractivity contribution in [2.75, 3.05) is 0 Å². The Kier molecular flexibility index (Phi) is 1.77. The van der Waals surface area contributed by atoms with Gasteiger partial charge in [0.05, 0.1) is 0 Å². The van der Waals surface area contributed by atoms with E-state index in [0.717, 1.165) is 11.3 Å². The molecule has 4 heteroatoms. The van der Waals surface area contributed by atoms with Gasteiger partial charge in [0.1, 0.15) is 0 Å². The van der Waals surface area contributed by atoms with E-state index >= 15 is 0 Å². The summed E-state index contributed by atoms with van der Waals surface area (Å²) >= 11 is 0.863. The Morgan fingerprint density at radius 2 is 2.00 bits per heavy atom. The lowest BCUT2D eigenvalue weighted by atomic mass is 10.2. The molecule has 0 unspecified atom stereocenters. The maximum Gasteiger partial charge on any atom is 0.227 e. The maximum absolute atomic E-state index is 12.9. The van der Waals surface area contributed by atoms with Crippen LogP contribution in [0.5, 0.6) is 5.06 Å². The predicted octanol–water partition coefficient (Wildman–Crippen LogP) is 2.11. The molecule has 66 valence electrons. The van der Waals surface area contributed by atoms with Crippen LogP contribution in [0.15, 0.2) is 29.1 Å². The molecule has 1 aromatic carbocycles. The van der Waals surface area contributed by atoms with Crippen LogP contribution in [0.25, 0.3) is 10.1 Å². The van der Waals surface area contributed by atoms with Gasteiger partial charge in [-0.25, -0.2) is 0 Å². The first kappa shape index (κ1) is 8.19. The average Bonchev–Trinajstić information content (AvgIpc) is 2.15. The third kappa shape index (κ3) is 1.19. The van der Waals surface area contributed by atoms with E-state index in [0.29, 0.717) is 10.1 Å². The van der Waals surface area contributed by atoms with Gasteiger partial charge in [0, 0.05) is 10.1 Å². The molecule has 1 heterocycles. The highest BCUT2D eigenvalue weighted by atomic mass is 32.1. The minimum atomic E-state index is -1.07. The van der Waals surface area contributed by atoms with Crippen molar-refractivity contribution in [2.45, 2.75) is 0 Å². The van der Waals surface area contributed by atoms with Crippen molar-refractivity contribution in [2.24, 2.45) is 0 Å². The lowest BCUT2D eigenvalue weighted by molar-refractivity contribution is 0.445. The van der Waals surface area contributed by atoms with E-state index in [1.807, 2.05) is 0 Å². The summed E-state index contributed by atoms with van der Waals surface area (Å²) in [6.45, 7) is 0. The molecule has 13 heavy (non-hydrogen) atoms. The Hall–Kier alpha value is -1.42. The molecule has 2 aromatic rings. The van der Waals surface area contributed by atoms with Crippen molar-refractivity contribution in [1.82, 2.24) is 0 Å². The van der Waals surface area contributed by atoms with Crippen molar-refractivity contribution < 1.29 is 9.50 Å². The first-order chi connectivity index (χ1) is 6.20. The van der Waals surface area contributed by atoms with Crippen LogP contribution in [0.3, 0.4) is 0 Å². The number of aromatic hydroxyl groups is 1. The molecule has 0 amide bonds. The van der Waals surface area contributed by atoms with E-state index in [4.69, 9.17) is 5.11 Å². The molecule has 0 aliphatic carbocycles. The Bertz CT molecular complexity index is 518. The lowest BCUT2D eigenvalue weighted by Crippen LogP contribution is -2.04. The summed E-state index contributed by atoms with van der Waals surface area (Å²) in [4.78, 5) is 11.2. The van der Waals surface area contributed by atoms with Crippen molar-refractivity contribution in [3.8, 4) is 5.06 Å². The molecule has 0 fully saturated rings. The van der Waals surface area contributed by atoms with Gasteiger partial charge in [-0.15, -0.1) is 0 Å². The number of benzene rings is 1. The Balaban J connectivity index is 3.03. The highest BCUT2D eigenvalue weighted by Gasteiger charge is 2.09. The van der Waals surface area contributed by atoms with Gasteiger partial charge in [0.2, 0.25) is 16.3 Å². The normalized spacial score (nSPS) is 10.5. The molecule has 0 atom stereocenters.